The number of nitrogens with zero attached hydrogens (tertiary/aromatic N) is 4. The van der Waals surface area contributed by atoms with Gasteiger partial charge < -0.3 is 14.6 Å². The van der Waals surface area contributed by atoms with Crippen molar-refractivity contribution in [1.82, 2.24) is 25.2 Å². The Morgan fingerprint density at radius 1 is 1.39 bits per heavy atom. The van der Waals surface area contributed by atoms with Gasteiger partial charge in [-0.25, -0.2) is 0 Å². The van der Waals surface area contributed by atoms with Gasteiger partial charge in [0.25, 0.3) is 0 Å². The van der Waals surface area contributed by atoms with E-state index in [0.717, 1.165) is 39.0 Å². The molecule has 0 amide bonds. The molecule has 23 heavy (non-hydrogen) atoms. The summed E-state index contributed by atoms with van der Waals surface area (Å²) in [5.74, 6) is 1.85. The van der Waals surface area contributed by atoms with Gasteiger partial charge in [0.15, 0.2) is 5.82 Å². The maximum absolute atomic E-state index is 5.49. The highest BCUT2D eigenvalue weighted by atomic mass is 16.5. The van der Waals surface area contributed by atoms with Crippen molar-refractivity contribution in [2.45, 2.75) is 51.7 Å². The summed E-state index contributed by atoms with van der Waals surface area (Å²) in [7, 11) is 0. The third-order valence-electron chi connectivity index (χ3n) is 4.36. The Bertz CT molecular complexity index is 577. The van der Waals surface area contributed by atoms with Crippen LogP contribution in [-0.2, 0) is 11.3 Å². The van der Waals surface area contributed by atoms with Crippen LogP contribution in [0.5, 0.6) is 0 Å². The number of hydrogen-bond acceptors (Lipinski definition) is 6. The van der Waals surface area contributed by atoms with Gasteiger partial charge in [-0.05, 0) is 45.1 Å². The monoisotopic (exact) mass is 319 g/mol. The molecule has 0 unspecified atom stereocenters. The molecule has 0 saturated carbocycles. The van der Waals surface area contributed by atoms with Crippen LogP contribution >= 0.6 is 0 Å². The van der Waals surface area contributed by atoms with Crippen molar-refractivity contribution in [2.24, 2.45) is 5.92 Å². The minimum absolute atomic E-state index is 0.0905. The van der Waals surface area contributed by atoms with Crippen molar-refractivity contribution in [3.8, 4) is 0 Å². The number of rotatable bonds is 7. The second-order valence-corrected chi connectivity index (χ2v) is 6.23. The third kappa shape index (κ3) is 4.39. The molecule has 7 heteroatoms. The summed E-state index contributed by atoms with van der Waals surface area (Å²) in [4.78, 5) is 4.45. The molecular formula is C16H25N5O2. The van der Waals surface area contributed by atoms with E-state index in [9.17, 15) is 0 Å². The Kier molecular flexibility index (Phi) is 5.40. The lowest BCUT2D eigenvalue weighted by Gasteiger charge is -2.30. The molecule has 1 aliphatic heterocycles. The zero-order chi connectivity index (χ0) is 16.1. The SMILES string of the molecule is Cc1noc([C@@H](N[C@H](C)CCn2cccn2)C2CCOCC2)n1. The Hall–Kier alpha value is -1.73. The van der Waals surface area contributed by atoms with Crippen LogP contribution in [0.1, 0.15) is 43.9 Å². The smallest absolute Gasteiger partial charge is 0.244 e. The van der Waals surface area contributed by atoms with Gasteiger partial charge in [-0.1, -0.05) is 5.16 Å². The molecule has 7 nitrogen and oxygen atoms in total. The van der Waals surface area contributed by atoms with Crippen molar-refractivity contribution in [3.05, 3.63) is 30.2 Å². The van der Waals surface area contributed by atoms with Crippen LogP contribution in [0.25, 0.3) is 0 Å². The van der Waals surface area contributed by atoms with Crippen LogP contribution in [0.4, 0.5) is 0 Å². The number of nitrogens with one attached hydrogen (secondary N) is 1. The first-order chi connectivity index (χ1) is 11.2. The van der Waals surface area contributed by atoms with Crippen molar-refractivity contribution in [1.29, 1.82) is 0 Å². The van der Waals surface area contributed by atoms with Gasteiger partial charge in [0, 0.05) is 38.2 Å². The highest BCUT2D eigenvalue weighted by Crippen LogP contribution is 2.29. The van der Waals surface area contributed by atoms with E-state index in [4.69, 9.17) is 9.26 Å². The topological polar surface area (TPSA) is 78.0 Å². The molecule has 1 aliphatic rings. The quantitative estimate of drug-likeness (QED) is 0.842. The lowest BCUT2D eigenvalue weighted by atomic mass is 9.91. The predicted molar refractivity (Wildman–Crippen MR) is 84.8 cm³/mol. The normalized spacial score (nSPS) is 18.9. The first kappa shape index (κ1) is 16.1. The van der Waals surface area contributed by atoms with Gasteiger partial charge in [-0.2, -0.15) is 10.1 Å². The molecule has 2 aromatic heterocycles. The molecule has 0 bridgehead atoms. The average molecular weight is 319 g/mol. The van der Waals surface area contributed by atoms with Gasteiger partial charge >= 0.3 is 0 Å². The van der Waals surface area contributed by atoms with E-state index in [1.807, 2.05) is 30.1 Å². The van der Waals surface area contributed by atoms with Gasteiger partial charge in [0.2, 0.25) is 5.89 Å². The largest absolute Gasteiger partial charge is 0.381 e. The summed E-state index contributed by atoms with van der Waals surface area (Å²) in [5, 5.41) is 11.9. The summed E-state index contributed by atoms with van der Waals surface area (Å²) in [6.45, 7) is 6.55. The summed E-state index contributed by atoms with van der Waals surface area (Å²) < 4.78 is 12.9. The molecule has 1 N–H and O–H groups in total. The molecule has 1 fully saturated rings. The number of ether oxygens (including phenoxy) is 1. The summed E-state index contributed by atoms with van der Waals surface area (Å²) in [5.41, 5.74) is 0. The lowest BCUT2D eigenvalue weighted by molar-refractivity contribution is 0.0468. The van der Waals surface area contributed by atoms with Gasteiger partial charge in [-0.3, -0.25) is 4.68 Å². The van der Waals surface area contributed by atoms with Crippen molar-refractivity contribution in [2.75, 3.05) is 13.2 Å². The molecule has 126 valence electrons. The van der Waals surface area contributed by atoms with Crippen LogP contribution < -0.4 is 5.32 Å². The molecule has 2 atom stereocenters. The van der Waals surface area contributed by atoms with Crippen molar-refractivity contribution < 1.29 is 9.26 Å². The van der Waals surface area contributed by atoms with E-state index in [-0.39, 0.29) is 6.04 Å². The Balaban J connectivity index is 1.62. The van der Waals surface area contributed by atoms with E-state index in [1.165, 1.54) is 0 Å². The number of aromatic nitrogens is 4. The fraction of sp³-hybridized carbons (Fsp3) is 0.688. The maximum Gasteiger partial charge on any atom is 0.244 e. The standard InChI is InChI=1S/C16H25N5O2/c1-12(4-9-21-8-3-7-17-21)18-15(14-5-10-22-11-6-14)16-19-13(2)20-23-16/h3,7-8,12,14-15,18H,4-6,9-11H2,1-2H3/t12-,15+/m1/s1. The molecular weight excluding hydrogens is 294 g/mol. The van der Waals surface area contributed by atoms with Crippen LogP contribution in [0.15, 0.2) is 23.0 Å². The molecule has 0 radical (unpaired) electrons. The average Bonchev–Trinajstić information content (AvgIpc) is 3.23. The van der Waals surface area contributed by atoms with E-state index in [2.05, 4.69) is 27.5 Å². The van der Waals surface area contributed by atoms with Gasteiger partial charge in [0.1, 0.15) is 0 Å². The first-order valence-electron chi connectivity index (χ1n) is 8.34. The summed E-state index contributed by atoms with van der Waals surface area (Å²) in [6.07, 6.45) is 6.83. The first-order valence-corrected chi connectivity index (χ1v) is 8.34. The maximum atomic E-state index is 5.49. The zero-order valence-corrected chi connectivity index (χ0v) is 13.8. The molecule has 3 heterocycles. The molecule has 1 saturated heterocycles. The van der Waals surface area contributed by atoms with E-state index < -0.39 is 0 Å². The summed E-state index contributed by atoms with van der Waals surface area (Å²) >= 11 is 0. The fourth-order valence-corrected chi connectivity index (χ4v) is 3.05. The lowest BCUT2D eigenvalue weighted by Crippen LogP contribution is -2.38. The van der Waals surface area contributed by atoms with E-state index in [0.29, 0.717) is 23.7 Å². The summed E-state index contributed by atoms with van der Waals surface area (Å²) in [6, 6.07) is 2.37. The minimum atomic E-state index is 0.0905. The third-order valence-corrected chi connectivity index (χ3v) is 4.36. The highest BCUT2D eigenvalue weighted by molar-refractivity contribution is 4.96. The van der Waals surface area contributed by atoms with E-state index in [1.54, 1.807) is 0 Å². The molecule has 0 aliphatic carbocycles. The predicted octanol–water partition coefficient (Wildman–Crippen LogP) is 2.11. The van der Waals surface area contributed by atoms with Crippen LogP contribution in [-0.4, -0.2) is 39.2 Å². The Labute approximate surface area is 136 Å². The van der Waals surface area contributed by atoms with Crippen LogP contribution in [0.2, 0.25) is 0 Å². The van der Waals surface area contributed by atoms with Gasteiger partial charge in [0.05, 0.1) is 6.04 Å². The van der Waals surface area contributed by atoms with Gasteiger partial charge in [-0.15, -0.1) is 0 Å². The van der Waals surface area contributed by atoms with Crippen LogP contribution in [0, 0.1) is 12.8 Å². The van der Waals surface area contributed by atoms with Crippen molar-refractivity contribution in [3.63, 3.8) is 0 Å². The Morgan fingerprint density at radius 3 is 2.87 bits per heavy atom. The number of hydrogen-bond donors (Lipinski definition) is 1. The second-order valence-electron chi connectivity index (χ2n) is 6.23. The minimum Gasteiger partial charge on any atom is -0.381 e. The molecule has 3 rings (SSSR count). The fourth-order valence-electron chi connectivity index (χ4n) is 3.05. The molecule has 2 aromatic rings. The Morgan fingerprint density at radius 2 is 2.22 bits per heavy atom. The second kappa shape index (κ2) is 7.70. The highest BCUT2D eigenvalue weighted by Gasteiger charge is 2.30. The van der Waals surface area contributed by atoms with E-state index >= 15 is 0 Å². The molecule has 0 aromatic carbocycles. The zero-order valence-electron chi connectivity index (χ0n) is 13.8. The number of aryl methyl sites for hydroxylation is 2. The van der Waals surface area contributed by atoms with Crippen LogP contribution in [0.3, 0.4) is 0 Å². The molecule has 0 spiro atoms. The van der Waals surface area contributed by atoms with Crippen molar-refractivity contribution >= 4 is 0 Å².